The molecule has 32 heavy (non-hydrogen) atoms. The van der Waals surface area contributed by atoms with Crippen LogP contribution in [-0.2, 0) is 16.6 Å². The maximum absolute atomic E-state index is 14.4. The zero-order chi connectivity index (χ0) is 23.5. The van der Waals surface area contributed by atoms with Crippen LogP contribution in [-0.4, -0.2) is 41.5 Å². The standard InChI is InChI=1S/C21H21Cl2FN4O3S/c1-3-27(4-2)32(30,31)15-8-9-18(24)16(12-15)21(29)26-19-10-11-25-28(19)13-14-6-5-7-17(22)20(14)23/h5-12H,3-4,13H2,1-2H3,(H,26,29). The van der Waals surface area contributed by atoms with Crippen molar-refractivity contribution in [2.45, 2.75) is 25.3 Å². The molecule has 0 aliphatic carbocycles. The van der Waals surface area contributed by atoms with Gasteiger partial charge in [-0.15, -0.1) is 0 Å². The number of rotatable bonds is 8. The van der Waals surface area contributed by atoms with Crippen molar-refractivity contribution < 1.29 is 17.6 Å². The van der Waals surface area contributed by atoms with Gasteiger partial charge < -0.3 is 5.32 Å². The van der Waals surface area contributed by atoms with Crippen molar-refractivity contribution in [3.05, 3.63) is 75.7 Å². The number of carbonyl (C=O) groups is 1. The van der Waals surface area contributed by atoms with Gasteiger partial charge in [-0.1, -0.05) is 49.2 Å². The van der Waals surface area contributed by atoms with Crippen molar-refractivity contribution >= 4 is 45.0 Å². The molecule has 0 aliphatic rings. The zero-order valence-corrected chi connectivity index (χ0v) is 19.7. The van der Waals surface area contributed by atoms with Crippen LogP contribution in [0.3, 0.4) is 0 Å². The van der Waals surface area contributed by atoms with E-state index in [9.17, 15) is 17.6 Å². The van der Waals surface area contributed by atoms with E-state index in [1.54, 1.807) is 32.0 Å². The lowest BCUT2D eigenvalue weighted by Gasteiger charge is -2.19. The average Bonchev–Trinajstić information content (AvgIpc) is 3.18. The van der Waals surface area contributed by atoms with Crippen LogP contribution < -0.4 is 5.32 Å². The van der Waals surface area contributed by atoms with Crippen molar-refractivity contribution in [3.8, 4) is 0 Å². The van der Waals surface area contributed by atoms with Crippen molar-refractivity contribution in [3.63, 3.8) is 0 Å². The largest absolute Gasteiger partial charge is 0.307 e. The van der Waals surface area contributed by atoms with E-state index in [1.807, 2.05) is 0 Å². The van der Waals surface area contributed by atoms with Crippen molar-refractivity contribution in [1.29, 1.82) is 0 Å². The minimum Gasteiger partial charge on any atom is -0.307 e. The van der Waals surface area contributed by atoms with Crippen molar-refractivity contribution in [1.82, 2.24) is 14.1 Å². The number of carbonyl (C=O) groups excluding carboxylic acids is 1. The molecule has 1 heterocycles. The Hall–Kier alpha value is -2.46. The second-order valence-electron chi connectivity index (χ2n) is 6.77. The summed E-state index contributed by atoms with van der Waals surface area (Å²) in [6.45, 7) is 4.11. The molecule has 0 spiro atoms. The van der Waals surface area contributed by atoms with Gasteiger partial charge in [-0.25, -0.2) is 17.5 Å². The normalized spacial score (nSPS) is 11.7. The summed E-state index contributed by atoms with van der Waals surface area (Å²) in [7, 11) is -3.85. The van der Waals surface area contributed by atoms with Gasteiger partial charge in [0, 0.05) is 19.2 Å². The molecule has 3 rings (SSSR count). The predicted octanol–water partition coefficient (Wildman–Crippen LogP) is 4.66. The Balaban J connectivity index is 1.88. The van der Waals surface area contributed by atoms with Gasteiger partial charge in [0.05, 0.1) is 33.2 Å². The first-order valence-electron chi connectivity index (χ1n) is 9.74. The molecule has 170 valence electrons. The third-order valence-corrected chi connectivity index (χ3v) is 7.74. The van der Waals surface area contributed by atoms with Crippen LogP contribution in [0.2, 0.25) is 10.0 Å². The number of sulfonamides is 1. The highest BCUT2D eigenvalue weighted by Crippen LogP contribution is 2.27. The first kappa shape index (κ1) is 24.2. The molecule has 0 radical (unpaired) electrons. The van der Waals surface area contributed by atoms with Crippen LogP contribution in [0.4, 0.5) is 10.2 Å². The first-order chi connectivity index (χ1) is 15.2. The van der Waals surface area contributed by atoms with Gasteiger partial charge in [-0.05, 0) is 29.8 Å². The van der Waals surface area contributed by atoms with E-state index >= 15 is 0 Å². The SMILES string of the molecule is CCN(CC)S(=O)(=O)c1ccc(F)c(C(=O)Nc2ccnn2Cc2cccc(Cl)c2Cl)c1. The fraction of sp³-hybridized carbons (Fsp3) is 0.238. The highest BCUT2D eigenvalue weighted by Gasteiger charge is 2.24. The molecule has 0 unspecified atom stereocenters. The second-order valence-corrected chi connectivity index (χ2v) is 9.50. The predicted molar refractivity (Wildman–Crippen MR) is 122 cm³/mol. The number of nitrogens with zero attached hydrogens (tertiary/aromatic N) is 3. The molecule has 0 atom stereocenters. The third-order valence-electron chi connectivity index (χ3n) is 4.84. The Morgan fingerprint density at radius 1 is 1.16 bits per heavy atom. The summed E-state index contributed by atoms with van der Waals surface area (Å²) in [6.07, 6.45) is 1.46. The van der Waals surface area contributed by atoms with E-state index in [0.717, 1.165) is 18.2 Å². The van der Waals surface area contributed by atoms with Gasteiger partial charge in [-0.3, -0.25) is 4.79 Å². The Labute approximate surface area is 195 Å². The third kappa shape index (κ3) is 4.96. The molecular formula is C21H21Cl2FN4O3S. The fourth-order valence-electron chi connectivity index (χ4n) is 3.13. The highest BCUT2D eigenvalue weighted by molar-refractivity contribution is 7.89. The van der Waals surface area contributed by atoms with Gasteiger partial charge in [0.2, 0.25) is 10.0 Å². The number of aromatic nitrogens is 2. The van der Waals surface area contributed by atoms with E-state index in [4.69, 9.17) is 23.2 Å². The number of amides is 1. The number of hydrogen-bond acceptors (Lipinski definition) is 4. The summed E-state index contributed by atoms with van der Waals surface area (Å²) in [5.41, 5.74) is 0.281. The van der Waals surface area contributed by atoms with Gasteiger partial charge in [-0.2, -0.15) is 9.40 Å². The van der Waals surface area contributed by atoms with Gasteiger partial charge >= 0.3 is 0 Å². The van der Waals surface area contributed by atoms with E-state index in [0.29, 0.717) is 15.6 Å². The maximum atomic E-state index is 14.4. The quantitative estimate of drug-likeness (QED) is 0.489. The number of halogens is 3. The summed E-state index contributed by atoms with van der Waals surface area (Å²) >= 11 is 12.3. The lowest BCUT2D eigenvalue weighted by atomic mass is 10.2. The minimum atomic E-state index is -3.85. The molecule has 1 amide bonds. The summed E-state index contributed by atoms with van der Waals surface area (Å²) in [5, 5.41) is 7.48. The van der Waals surface area contributed by atoms with E-state index in [1.165, 1.54) is 21.3 Å². The molecule has 1 N–H and O–H groups in total. The Bertz CT molecular complexity index is 1240. The Kier molecular flexibility index (Phi) is 7.55. The number of nitrogens with one attached hydrogen (secondary N) is 1. The van der Waals surface area contributed by atoms with Crippen LogP contribution in [0.1, 0.15) is 29.8 Å². The van der Waals surface area contributed by atoms with Crippen molar-refractivity contribution in [2.75, 3.05) is 18.4 Å². The lowest BCUT2D eigenvalue weighted by molar-refractivity contribution is 0.102. The molecule has 11 heteroatoms. The molecular weight excluding hydrogens is 478 g/mol. The smallest absolute Gasteiger partial charge is 0.259 e. The summed E-state index contributed by atoms with van der Waals surface area (Å²) < 4.78 is 42.6. The topological polar surface area (TPSA) is 84.3 Å². The van der Waals surface area contributed by atoms with Crippen LogP contribution in [0, 0.1) is 5.82 Å². The summed E-state index contributed by atoms with van der Waals surface area (Å²) in [5.74, 6) is -1.37. The van der Waals surface area contributed by atoms with E-state index < -0.39 is 27.3 Å². The van der Waals surface area contributed by atoms with Gasteiger partial charge in [0.15, 0.2) is 0 Å². The van der Waals surface area contributed by atoms with E-state index in [2.05, 4.69) is 10.4 Å². The molecule has 1 aromatic heterocycles. The van der Waals surface area contributed by atoms with E-state index in [-0.39, 0.29) is 30.3 Å². The summed E-state index contributed by atoms with van der Waals surface area (Å²) in [6, 6.07) is 9.84. The number of hydrogen-bond donors (Lipinski definition) is 1. The molecule has 2 aromatic carbocycles. The molecule has 0 saturated carbocycles. The van der Waals surface area contributed by atoms with Crippen LogP contribution >= 0.6 is 23.2 Å². The average molecular weight is 499 g/mol. The maximum Gasteiger partial charge on any atom is 0.259 e. The molecule has 3 aromatic rings. The van der Waals surface area contributed by atoms with Crippen LogP contribution in [0.15, 0.2) is 53.6 Å². The fourth-order valence-corrected chi connectivity index (χ4v) is 5.00. The highest BCUT2D eigenvalue weighted by atomic mass is 35.5. The minimum absolute atomic E-state index is 0.160. The number of benzene rings is 2. The molecule has 0 bridgehead atoms. The summed E-state index contributed by atoms with van der Waals surface area (Å²) in [4.78, 5) is 12.6. The monoisotopic (exact) mass is 498 g/mol. The molecule has 0 aliphatic heterocycles. The van der Waals surface area contributed by atoms with Gasteiger partial charge in [0.25, 0.3) is 5.91 Å². The lowest BCUT2D eigenvalue weighted by Crippen LogP contribution is -2.31. The molecule has 7 nitrogen and oxygen atoms in total. The molecule has 0 fully saturated rings. The molecule has 0 saturated heterocycles. The first-order valence-corrected chi connectivity index (χ1v) is 11.9. The van der Waals surface area contributed by atoms with Crippen molar-refractivity contribution in [2.24, 2.45) is 0 Å². The van der Waals surface area contributed by atoms with Gasteiger partial charge in [0.1, 0.15) is 11.6 Å². The second kappa shape index (κ2) is 9.99. The Morgan fingerprint density at radius 3 is 2.56 bits per heavy atom. The van der Waals surface area contributed by atoms with Crippen LogP contribution in [0.25, 0.3) is 0 Å². The number of anilines is 1. The van der Waals surface area contributed by atoms with Crippen LogP contribution in [0.5, 0.6) is 0 Å². The zero-order valence-electron chi connectivity index (χ0n) is 17.3. The Morgan fingerprint density at radius 2 is 1.88 bits per heavy atom.